The first-order valence-corrected chi connectivity index (χ1v) is 7.60. The van der Waals surface area contributed by atoms with Crippen molar-refractivity contribution in [1.82, 2.24) is 4.57 Å². The molecule has 0 fully saturated rings. The van der Waals surface area contributed by atoms with Crippen LogP contribution in [0, 0.1) is 0 Å². The Bertz CT molecular complexity index is 771. The maximum Gasteiger partial charge on any atom is 0.166 e. The van der Waals surface area contributed by atoms with E-state index in [4.69, 9.17) is 0 Å². The van der Waals surface area contributed by atoms with Crippen LogP contribution in [0.25, 0.3) is 11.1 Å². The van der Waals surface area contributed by atoms with Gasteiger partial charge in [0.2, 0.25) is 0 Å². The standard InChI is InChI=1S/C20H19NO/c1-2-18-12-13-19(15-22)21(18)14-17-10-6-7-11-20(17)16-8-4-3-5-9-16/h3-13,15H,2,14H2,1H3. The maximum absolute atomic E-state index is 11.3. The van der Waals surface area contributed by atoms with Gasteiger partial charge in [0, 0.05) is 12.2 Å². The molecule has 0 atom stereocenters. The Labute approximate surface area is 131 Å². The number of benzene rings is 2. The van der Waals surface area contributed by atoms with E-state index in [1.54, 1.807) is 0 Å². The van der Waals surface area contributed by atoms with Gasteiger partial charge in [0.15, 0.2) is 6.29 Å². The number of aromatic nitrogens is 1. The molecule has 2 nitrogen and oxygen atoms in total. The molecule has 1 heterocycles. The minimum Gasteiger partial charge on any atom is -0.338 e. The van der Waals surface area contributed by atoms with Crippen molar-refractivity contribution in [1.29, 1.82) is 0 Å². The lowest BCUT2D eigenvalue weighted by molar-refractivity contribution is 0.111. The first kappa shape index (κ1) is 14.3. The molecular formula is C20H19NO. The first-order valence-electron chi connectivity index (χ1n) is 7.60. The molecule has 0 aliphatic heterocycles. The minimum absolute atomic E-state index is 0.718. The topological polar surface area (TPSA) is 22.0 Å². The number of rotatable bonds is 5. The van der Waals surface area contributed by atoms with Gasteiger partial charge in [0.05, 0.1) is 5.69 Å². The van der Waals surface area contributed by atoms with Crippen molar-refractivity contribution in [3.05, 3.63) is 83.7 Å². The highest BCUT2D eigenvalue weighted by molar-refractivity contribution is 5.73. The van der Waals surface area contributed by atoms with Crippen molar-refractivity contribution in [2.24, 2.45) is 0 Å². The lowest BCUT2D eigenvalue weighted by Gasteiger charge is -2.14. The predicted octanol–water partition coefficient (Wildman–Crippen LogP) is 4.58. The monoisotopic (exact) mass is 289 g/mol. The number of aryl methyl sites for hydroxylation is 1. The lowest BCUT2D eigenvalue weighted by Crippen LogP contribution is -2.08. The van der Waals surface area contributed by atoms with Crippen LogP contribution in [0.5, 0.6) is 0 Å². The zero-order chi connectivity index (χ0) is 15.4. The van der Waals surface area contributed by atoms with E-state index in [-0.39, 0.29) is 0 Å². The van der Waals surface area contributed by atoms with Gasteiger partial charge in [-0.3, -0.25) is 4.79 Å². The van der Waals surface area contributed by atoms with E-state index in [0.717, 1.165) is 24.9 Å². The third-order valence-corrected chi connectivity index (χ3v) is 4.02. The second-order valence-electron chi connectivity index (χ2n) is 5.33. The highest BCUT2D eigenvalue weighted by Gasteiger charge is 2.10. The molecule has 0 saturated heterocycles. The Hall–Kier alpha value is -2.61. The number of nitrogens with zero attached hydrogens (tertiary/aromatic N) is 1. The summed E-state index contributed by atoms with van der Waals surface area (Å²) in [6.45, 7) is 2.83. The number of hydrogen-bond acceptors (Lipinski definition) is 1. The SMILES string of the molecule is CCc1ccc(C=O)n1Cc1ccccc1-c1ccccc1. The van der Waals surface area contributed by atoms with Crippen LogP contribution in [0.3, 0.4) is 0 Å². The average Bonchev–Trinajstić information content (AvgIpc) is 2.98. The fourth-order valence-electron chi connectivity index (χ4n) is 2.86. The molecule has 2 aromatic carbocycles. The molecule has 0 unspecified atom stereocenters. The minimum atomic E-state index is 0.718. The summed E-state index contributed by atoms with van der Waals surface area (Å²) in [6, 6.07) is 22.7. The molecule has 0 bridgehead atoms. The Morgan fingerprint density at radius 3 is 2.36 bits per heavy atom. The van der Waals surface area contributed by atoms with Gasteiger partial charge in [-0.25, -0.2) is 0 Å². The Kier molecular flexibility index (Phi) is 4.19. The van der Waals surface area contributed by atoms with E-state index in [1.807, 2.05) is 18.2 Å². The first-order chi connectivity index (χ1) is 10.8. The van der Waals surface area contributed by atoms with Crippen LogP contribution in [-0.2, 0) is 13.0 Å². The fourth-order valence-corrected chi connectivity index (χ4v) is 2.86. The van der Waals surface area contributed by atoms with Crippen LogP contribution in [-0.4, -0.2) is 10.9 Å². The summed E-state index contributed by atoms with van der Waals surface area (Å²) in [4.78, 5) is 11.3. The van der Waals surface area contributed by atoms with Crippen LogP contribution < -0.4 is 0 Å². The summed E-state index contributed by atoms with van der Waals surface area (Å²) < 4.78 is 2.11. The van der Waals surface area contributed by atoms with Crippen molar-refractivity contribution in [2.75, 3.05) is 0 Å². The Morgan fingerprint density at radius 1 is 0.909 bits per heavy atom. The fraction of sp³-hybridized carbons (Fsp3) is 0.150. The molecule has 0 aliphatic rings. The largest absolute Gasteiger partial charge is 0.338 e. The lowest BCUT2D eigenvalue weighted by atomic mass is 9.99. The Morgan fingerprint density at radius 2 is 1.64 bits per heavy atom. The number of aldehydes is 1. The molecule has 0 saturated carbocycles. The zero-order valence-corrected chi connectivity index (χ0v) is 12.7. The van der Waals surface area contributed by atoms with E-state index < -0.39 is 0 Å². The van der Waals surface area contributed by atoms with Gasteiger partial charge in [0.1, 0.15) is 0 Å². The summed E-state index contributed by atoms with van der Waals surface area (Å²) >= 11 is 0. The van der Waals surface area contributed by atoms with Gasteiger partial charge in [-0.1, -0.05) is 61.5 Å². The highest BCUT2D eigenvalue weighted by Crippen LogP contribution is 2.25. The van der Waals surface area contributed by atoms with Gasteiger partial charge >= 0.3 is 0 Å². The second kappa shape index (κ2) is 6.44. The van der Waals surface area contributed by atoms with E-state index in [9.17, 15) is 4.79 Å². The van der Waals surface area contributed by atoms with Gasteiger partial charge in [-0.05, 0) is 35.2 Å². The normalized spacial score (nSPS) is 10.6. The zero-order valence-electron chi connectivity index (χ0n) is 12.7. The second-order valence-corrected chi connectivity index (χ2v) is 5.33. The van der Waals surface area contributed by atoms with Crippen LogP contribution in [0.15, 0.2) is 66.7 Å². The molecule has 0 spiro atoms. The highest BCUT2D eigenvalue weighted by atomic mass is 16.1. The molecule has 3 aromatic rings. The molecule has 0 amide bonds. The molecule has 1 aromatic heterocycles. The van der Waals surface area contributed by atoms with E-state index in [2.05, 4.69) is 60.0 Å². The van der Waals surface area contributed by atoms with Gasteiger partial charge < -0.3 is 4.57 Å². The van der Waals surface area contributed by atoms with Gasteiger partial charge in [0.25, 0.3) is 0 Å². The van der Waals surface area contributed by atoms with Crippen molar-refractivity contribution in [2.45, 2.75) is 19.9 Å². The summed E-state index contributed by atoms with van der Waals surface area (Å²) in [6.07, 6.45) is 1.85. The molecule has 3 rings (SSSR count). The molecule has 0 N–H and O–H groups in total. The summed E-state index contributed by atoms with van der Waals surface area (Å²) in [5, 5.41) is 0. The average molecular weight is 289 g/mol. The third-order valence-electron chi connectivity index (χ3n) is 4.02. The van der Waals surface area contributed by atoms with Crippen molar-refractivity contribution in [3.63, 3.8) is 0 Å². The molecule has 2 heteroatoms. The summed E-state index contributed by atoms with van der Waals surface area (Å²) in [7, 11) is 0. The van der Waals surface area contributed by atoms with Gasteiger partial charge in [-0.15, -0.1) is 0 Å². The summed E-state index contributed by atoms with van der Waals surface area (Å²) in [5.41, 5.74) is 5.57. The molecule has 22 heavy (non-hydrogen) atoms. The van der Waals surface area contributed by atoms with Crippen LogP contribution in [0.2, 0.25) is 0 Å². The molecular weight excluding hydrogens is 270 g/mol. The van der Waals surface area contributed by atoms with E-state index >= 15 is 0 Å². The smallest absolute Gasteiger partial charge is 0.166 e. The predicted molar refractivity (Wildman–Crippen MR) is 90.2 cm³/mol. The molecule has 110 valence electrons. The summed E-state index contributed by atoms with van der Waals surface area (Å²) in [5.74, 6) is 0. The van der Waals surface area contributed by atoms with Crippen molar-refractivity contribution < 1.29 is 4.79 Å². The van der Waals surface area contributed by atoms with Crippen molar-refractivity contribution >= 4 is 6.29 Å². The van der Waals surface area contributed by atoms with Crippen molar-refractivity contribution in [3.8, 4) is 11.1 Å². The van der Waals surface area contributed by atoms with Crippen LogP contribution >= 0.6 is 0 Å². The van der Waals surface area contributed by atoms with Crippen LogP contribution in [0.4, 0.5) is 0 Å². The quantitative estimate of drug-likeness (QED) is 0.630. The van der Waals surface area contributed by atoms with E-state index in [1.165, 1.54) is 22.4 Å². The maximum atomic E-state index is 11.3. The van der Waals surface area contributed by atoms with Gasteiger partial charge in [-0.2, -0.15) is 0 Å². The van der Waals surface area contributed by atoms with Crippen LogP contribution in [0.1, 0.15) is 28.7 Å². The number of carbonyl (C=O) groups is 1. The third kappa shape index (κ3) is 2.73. The molecule has 0 radical (unpaired) electrons. The number of carbonyl (C=O) groups excluding carboxylic acids is 1. The Balaban J connectivity index is 2.04. The molecule has 0 aliphatic carbocycles. The van der Waals surface area contributed by atoms with E-state index in [0.29, 0.717) is 0 Å². The number of hydrogen-bond donors (Lipinski definition) is 0.